The zero-order chi connectivity index (χ0) is 15.6. The van der Waals surface area contributed by atoms with E-state index in [1.807, 2.05) is 51.1 Å². The highest BCUT2D eigenvalue weighted by molar-refractivity contribution is 6.60. The second-order valence-electron chi connectivity index (χ2n) is 4.92. The van der Waals surface area contributed by atoms with Crippen molar-refractivity contribution < 1.29 is 13.3 Å². The van der Waals surface area contributed by atoms with Gasteiger partial charge in [0.05, 0.1) is 0 Å². The molecule has 4 nitrogen and oxygen atoms in total. The molecule has 0 heterocycles. The van der Waals surface area contributed by atoms with E-state index in [0.717, 1.165) is 24.6 Å². The molecular formula is C16H29NO3Si. The molecule has 5 heteroatoms. The predicted molar refractivity (Wildman–Crippen MR) is 89.3 cm³/mol. The van der Waals surface area contributed by atoms with Crippen LogP contribution < -0.4 is 5.32 Å². The molecule has 120 valence electrons. The molecule has 1 N–H and O–H groups in total. The minimum Gasteiger partial charge on any atom is -0.374 e. The Morgan fingerprint density at radius 1 is 1.05 bits per heavy atom. The molecule has 0 spiro atoms. The normalized spacial score (nSPS) is 13.1. The van der Waals surface area contributed by atoms with Crippen molar-refractivity contribution in [3.8, 4) is 0 Å². The Morgan fingerprint density at radius 2 is 1.67 bits per heavy atom. The number of para-hydroxylation sites is 1. The van der Waals surface area contributed by atoms with Gasteiger partial charge in [-0.3, -0.25) is 0 Å². The molecule has 0 amide bonds. The molecule has 0 fully saturated rings. The lowest BCUT2D eigenvalue weighted by molar-refractivity contribution is 0.0464. The van der Waals surface area contributed by atoms with Crippen LogP contribution >= 0.6 is 0 Å². The van der Waals surface area contributed by atoms with Crippen molar-refractivity contribution in [1.82, 2.24) is 0 Å². The van der Waals surface area contributed by atoms with Crippen LogP contribution in [0.3, 0.4) is 0 Å². The third-order valence-corrected chi connectivity index (χ3v) is 6.20. The van der Waals surface area contributed by atoms with Crippen molar-refractivity contribution >= 4 is 14.5 Å². The monoisotopic (exact) mass is 311 g/mol. The topological polar surface area (TPSA) is 39.7 Å². The number of hydrogen-bond donors (Lipinski definition) is 1. The zero-order valence-corrected chi connectivity index (χ0v) is 14.7. The first-order valence-electron chi connectivity index (χ1n) is 7.93. The minimum atomic E-state index is -2.60. The van der Waals surface area contributed by atoms with Gasteiger partial charge >= 0.3 is 8.80 Å². The van der Waals surface area contributed by atoms with E-state index in [2.05, 4.69) is 12.2 Å². The quantitative estimate of drug-likeness (QED) is 0.489. The van der Waals surface area contributed by atoms with E-state index in [0.29, 0.717) is 13.2 Å². The Hall–Kier alpha value is -0.883. The maximum atomic E-state index is 6.21. The van der Waals surface area contributed by atoms with E-state index in [9.17, 15) is 0 Å². The Bertz CT molecular complexity index is 369. The van der Waals surface area contributed by atoms with Crippen molar-refractivity contribution in [3.63, 3.8) is 0 Å². The van der Waals surface area contributed by atoms with Crippen LogP contribution in [0.1, 0.15) is 40.5 Å². The van der Waals surface area contributed by atoms with Crippen LogP contribution in [0.5, 0.6) is 0 Å². The van der Waals surface area contributed by atoms with Crippen molar-refractivity contribution in [3.05, 3.63) is 30.3 Å². The number of unbranched alkanes of at least 4 members (excludes halogenated alkanes) is 1. The van der Waals surface area contributed by atoms with Crippen LogP contribution in [0, 0.1) is 0 Å². The number of rotatable bonds is 11. The lowest BCUT2D eigenvalue weighted by Gasteiger charge is -2.32. The average Bonchev–Trinajstić information content (AvgIpc) is 2.46. The van der Waals surface area contributed by atoms with Gasteiger partial charge in [0.25, 0.3) is 0 Å². The number of hydrogen-bond acceptors (Lipinski definition) is 4. The summed E-state index contributed by atoms with van der Waals surface area (Å²) >= 11 is 0. The zero-order valence-electron chi connectivity index (χ0n) is 13.7. The second-order valence-corrected chi connectivity index (χ2v) is 7.60. The summed E-state index contributed by atoms with van der Waals surface area (Å²) in [6, 6.07) is 10.9. The molecule has 1 rings (SSSR count). The highest BCUT2D eigenvalue weighted by Crippen LogP contribution is 2.22. The van der Waals surface area contributed by atoms with E-state index in [1.54, 1.807) is 0 Å². The molecule has 0 aliphatic heterocycles. The molecule has 21 heavy (non-hydrogen) atoms. The Kier molecular flexibility index (Phi) is 8.60. The SMILES string of the molecule is CCCC[Si](OCC)(OCC)OC(C)Nc1ccccc1. The number of benzene rings is 1. The first kappa shape index (κ1) is 18.2. The molecule has 0 aliphatic carbocycles. The van der Waals surface area contributed by atoms with Crippen LogP contribution in [0.2, 0.25) is 6.04 Å². The van der Waals surface area contributed by atoms with E-state index in [-0.39, 0.29) is 6.23 Å². The van der Waals surface area contributed by atoms with Gasteiger partial charge in [0.2, 0.25) is 0 Å². The summed E-state index contributed by atoms with van der Waals surface area (Å²) in [5.74, 6) is 0. The smallest absolute Gasteiger partial charge is 0.374 e. The molecule has 0 radical (unpaired) electrons. The standard InChI is InChI=1S/C16H29NO3Si/c1-5-8-14-21(18-6-2,19-7-3)20-15(4)17-16-12-10-9-11-13-16/h9-13,15,17H,5-8,14H2,1-4H3. The highest BCUT2D eigenvalue weighted by atomic mass is 28.4. The maximum Gasteiger partial charge on any atom is 0.502 e. The van der Waals surface area contributed by atoms with Gasteiger partial charge in [0, 0.05) is 24.9 Å². The highest BCUT2D eigenvalue weighted by Gasteiger charge is 2.41. The Balaban J connectivity index is 2.68. The molecule has 1 atom stereocenters. The van der Waals surface area contributed by atoms with E-state index in [1.165, 1.54) is 0 Å². The van der Waals surface area contributed by atoms with E-state index < -0.39 is 8.80 Å². The van der Waals surface area contributed by atoms with Crippen LogP contribution in [0.4, 0.5) is 5.69 Å². The fraction of sp³-hybridized carbons (Fsp3) is 0.625. The Morgan fingerprint density at radius 3 is 2.19 bits per heavy atom. The second kappa shape index (κ2) is 9.95. The van der Waals surface area contributed by atoms with Gasteiger partial charge in [-0.15, -0.1) is 0 Å². The fourth-order valence-corrected chi connectivity index (χ4v) is 5.10. The van der Waals surface area contributed by atoms with Gasteiger partial charge in [0.1, 0.15) is 6.23 Å². The summed E-state index contributed by atoms with van der Waals surface area (Å²) in [6.07, 6.45) is 2.03. The molecule has 0 saturated heterocycles. The first-order valence-corrected chi connectivity index (χ1v) is 9.86. The van der Waals surface area contributed by atoms with Crippen molar-refractivity contribution in [2.24, 2.45) is 0 Å². The summed E-state index contributed by atoms with van der Waals surface area (Å²) in [5, 5.41) is 3.34. The molecule has 0 saturated carbocycles. The lowest BCUT2D eigenvalue weighted by atomic mass is 10.3. The maximum absolute atomic E-state index is 6.21. The van der Waals surface area contributed by atoms with Crippen LogP contribution in [0.15, 0.2) is 30.3 Å². The third-order valence-electron chi connectivity index (χ3n) is 3.07. The van der Waals surface area contributed by atoms with E-state index >= 15 is 0 Å². The van der Waals surface area contributed by atoms with Gasteiger partial charge in [0.15, 0.2) is 0 Å². The molecule has 1 aromatic carbocycles. The van der Waals surface area contributed by atoms with Gasteiger partial charge in [-0.25, -0.2) is 0 Å². The summed E-state index contributed by atoms with van der Waals surface area (Å²) in [5.41, 5.74) is 1.04. The predicted octanol–water partition coefficient (Wildman–Crippen LogP) is 4.27. The van der Waals surface area contributed by atoms with Gasteiger partial charge < -0.3 is 18.6 Å². The van der Waals surface area contributed by atoms with Crippen LogP contribution in [-0.2, 0) is 13.3 Å². The number of nitrogens with one attached hydrogen (secondary N) is 1. The fourth-order valence-electron chi connectivity index (χ4n) is 2.21. The first-order chi connectivity index (χ1) is 10.2. The summed E-state index contributed by atoms with van der Waals surface area (Å²) in [7, 11) is -2.60. The largest absolute Gasteiger partial charge is 0.502 e. The van der Waals surface area contributed by atoms with Gasteiger partial charge in [-0.2, -0.15) is 0 Å². The lowest BCUT2D eigenvalue weighted by Crippen LogP contribution is -2.49. The number of anilines is 1. The van der Waals surface area contributed by atoms with Gasteiger partial charge in [-0.05, 0) is 39.3 Å². The molecule has 1 aromatic rings. The third kappa shape index (κ3) is 6.61. The van der Waals surface area contributed by atoms with Crippen molar-refractivity contribution in [2.75, 3.05) is 18.5 Å². The molecular weight excluding hydrogens is 282 g/mol. The molecule has 0 aliphatic rings. The van der Waals surface area contributed by atoms with Crippen molar-refractivity contribution in [2.45, 2.75) is 52.8 Å². The summed E-state index contributed by atoms with van der Waals surface area (Å²) < 4.78 is 18.1. The average molecular weight is 311 g/mol. The molecule has 0 aromatic heterocycles. The minimum absolute atomic E-state index is 0.144. The van der Waals surface area contributed by atoms with Crippen LogP contribution in [-0.4, -0.2) is 28.2 Å². The van der Waals surface area contributed by atoms with Crippen LogP contribution in [0.25, 0.3) is 0 Å². The Labute approximate surface area is 130 Å². The summed E-state index contributed by atoms with van der Waals surface area (Å²) in [6.45, 7) is 9.39. The van der Waals surface area contributed by atoms with E-state index in [4.69, 9.17) is 13.3 Å². The van der Waals surface area contributed by atoms with Gasteiger partial charge in [-0.1, -0.05) is 31.5 Å². The van der Waals surface area contributed by atoms with Crippen molar-refractivity contribution in [1.29, 1.82) is 0 Å². The summed E-state index contributed by atoms with van der Waals surface area (Å²) in [4.78, 5) is 0. The molecule has 1 unspecified atom stereocenters. The molecule has 0 bridgehead atoms.